The normalized spacial score (nSPS) is 25.4. The van der Waals surface area contributed by atoms with Crippen molar-refractivity contribution in [2.45, 2.75) is 19.0 Å². The fourth-order valence-electron chi connectivity index (χ4n) is 1.56. The van der Waals surface area contributed by atoms with Gasteiger partial charge in [-0.05, 0) is 25.1 Å². The summed E-state index contributed by atoms with van der Waals surface area (Å²) in [6, 6.07) is 5.12. The SMILES string of the molecule is CC1(F)COc2ccc(Br)cc2C(=O)C1. The van der Waals surface area contributed by atoms with Crippen molar-refractivity contribution in [2.24, 2.45) is 0 Å². The molecule has 0 aromatic heterocycles. The highest BCUT2D eigenvalue weighted by Crippen LogP contribution is 2.31. The van der Waals surface area contributed by atoms with Gasteiger partial charge in [-0.2, -0.15) is 0 Å². The second-order valence-electron chi connectivity index (χ2n) is 3.94. The molecular weight excluding hydrogens is 263 g/mol. The number of hydrogen-bond acceptors (Lipinski definition) is 2. The highest BCUT2D eigenvalue weighted by molar-refractivity contribution is 9.10. The maximum Gasteiger partial charge on any atom is 0.169 e. The molecule has 0 N–H and O–H groups in total. The minimum absolute atomic E-state index is 0.0760. The van der Waals surface area contributed by atoms with Gasteiger partial charge in [-0.3, -0.25) is 4.79 Å². The molecule has 0 saturated heterocycles. The number of halogens is 2. The lowest BCUT2D eigenvalue weighted by Crippen LogP contribution is -2.27. The lowest BCUT2D eigenvalue weighted by Gasteiger charge is -2.15. The van der Waals surface area contributed by atoms with E-state index in [-0.39, 0.29) is 18.8 Å². The van der Waals surface area contributed by atoms with E-state index in [9.17, 15) is 9.18 Å². The van der Waals surface area contributed by atoms with E-state index in [0.29, 0.717) is 11.3 Å². The Kier molecular flexibility index (Phi) is 2.54. The first-order valence-electron chi connectivity index (χ1n) is 4.62. The summed E-state index contributed by atoms with van der Waals surface area (Å²) in [5.41, 5.74) is -1.13. The fraction of sp³-hybridized carbons (Fsp3) is 0.364. The molecule has 1 atom stereocenters. The number of rotatable bonds is 0. The maximum absolute atomic E-state index is 13.7. The van der Waals surface area contributed by atoms with Crippen molar-refractivity contribution in [1.82, 2.24) is 0 Å². The average Bonchev–Trinajstić information content (AvgIpc) is 2.24. The second-order valence-corrected chi connectivity index (χ2v) is 4.86. The lowest BCUT2D eigenvalue weighted by molar-refractivity contribution is 0.0774. The number of carbonyl (C=O) groups excluding carboxylic acids is 1. The number of benzene rings is 1. The van der Waals surface area contributed by atoms with Crippen LogP contribution >= 0.6 is 15.9 Å². The Morgan fingerprint density at radius 2 is 2.27 bits per heavy atom. The van der Waals surface area contributed by atoms with Gasteiger partial charge in [0, 0.05) is 10.9 Å². The summed E-state index contributed by atoms with van der Waals surface area (Å²) in [7, 11) is 0. The Bertz CT molecular complexity index is 415. The van der Waals surface area contributed by atoms with Crippen LogP contribution in [0.25, 0.3) is 0 Å². The molecule has 1 heterocycles. The lowest BCUT2D eigenvalue weighted by atomic mass is 9.99. The van der Waals surface area contributed by atoms with Gasteiger partial charge in [0.1, 0.15) is 18.0 Å². The Balaban J connectivity index is 2.44. The van der Waals surface area contributed by atoms with Crippen LogP contribution in [-0.4, -0.2) is 18.1 Å². The predicted molar refractivity (Wildman–Crippen MR) is 58.1 cm³/mol. The molecule has 1 aliphatic rings. The van der Waals surface area contributed by atoms with Gasteiger partial charge in [0.05, 0.1) is 5.56 Å². The van der Waals surface area contributed by atoms with Crippen LogP contribution in [0.15, 0.2) is 22.7 Å². The van der Waals surface area contributed by atoms with Crippen molar-refractivity contribution in [1.29, 1.82) is 0 Å². The minimum atomic E-state index is -1.58. The zero-order valence-corrected chi connectivity index (χ0v) is 9.80. The molecule has 0 fully saturated rings. The molecule has 0 saturated carbocycles. The maximum atomic E-state index is 13.7. The third-order valence-electron chi connectivity index (χ3n) is 2.30. The molecule has 0 amide bonds. The molecule has 0 spiro atoms. The van der Waals surface area contributed by atoms with Crippen molar-refractivity contribution in [3.05, 3.63) is 28.2 Å². The van der Waals surface area contributed by atoms with Crippen molar-refractivity contribution < 1.29 is 13.9 Å². The van der Waals surface area contributed by atoms with Crippen molar-refractivity contribution in [3.8, 4) is 5.75 Å². The Labute approximate surface area is 95.6 Å². The summed E-state index contributed by atoms with van der Waals surface area (Å²) >= 11 is 3.27. The smallest absolute Gasteiger partial charge is 0.169 e. The highest BCUT2D eigenvalue weighted by Gasteiger charge is 2.33. The van der Waals surface area contributed by atoms with Crippen LogP contribution in [-0.2, 0) is 0 Å². The first-order valence-corrected chi connectivity index (χ1v) is 5.42. The molecule has 2 rings (SSSR count). The molecule has 80 valence electrons. The first-order chi connectivity index (χ1) is 6.98. The van der Waals surface area contributed by atoms with E-state index in [4.69, 9.17) is 4.74 Å². The van der Waals surface area contributed by atoms with Crippen LogP contribution in [0.2, 0.25) is 0 Å². The summed E-state index contributed by atoms with van der Waals surface area (Å²) < 4.78 is 19.8. The number of alkyl halides is 1. The quantitative estimate of drug-likeness (QED) is 0.725. The number of ether oxygens (including phenoxy) is 1. The Morgan fingerprint density at radius 3 is 3.00 bits per heavy atom. The van der Waals surface area contributed by atoms with Gasteiger partial charge in [-0.1, -0.05) is 15.9 Å². The largest absolute Gasteiger partial charge is 0.489 e. The van der Waals surface area contributed by atoms with E-state index in [1.165, 1.54) is 6.92 Å². The second kappa shape index (κ2) is 3.59. The molecular formula is C11H10BrFO2. The highest BCUT2D eigenvalue weighted by atomic mass is 79.9. The molecule has 1 aliphatic heterocycles. The van der Waals surface area contributed by atoms with Gasteiger partial charge < -0.3 is 4.74 Å². The van der Waals surface area contributed by atoms with Gasteiger partial charge in [0.25, 0.3) is 0 Å². The zero-order chi connectivity index (χ0) is 11.1. The van der Waals surface area contributed by atoms with E-state index < -0.39 is 5.67 Å². The summed E-state index contributed by atoms with van der Waals surface area (Å²) in [4.78, 5) is 11.7. The molecule has 1 aromatic carbocycles. The van der Waals surface area contributed by atoms with Gasteiger partial charge in [-0.25, -0.2) is 4.39 Å². The third-order valence-corrected chi connectivity index (χ3v) is 2.79. The van der Waals surface area contributed by atoms with Crippen LogP contribution in [0.1, 0.15) is 23.7 Å². The number of ketones is 1. The van der Waals surface area contributed by atoms with Crippen LogP contribution in [0, 0.1) is 0 Å². The van der Waals surface area contributed by atoms with Crippen LogP contribution in [0.4, 0.5) is 4.39 Å². The van der Waals surface area contributed by atoms with Crippen molar-refractivity contribution in [3.63, 3.8) is 0 Å². The Hall–Kier alpha value is -0.900. The van der Waals surface area contributed by atoms with Crippen molar-refractivity contribution in [2.75, 3.05) is 6.61 Å². The summed E-state index contributed by atoms with van der Waals surface area (Å²) in [5, 5.41) is 0. The molecule has 1 unspecified atom stereocenters. The number of Topliss-reactive ketones (excluding diaryl/α,β-unsaturated/α-hetero) is 1. The summed E-state index contributed by atoms with van der Waals surface area (Å²) in [6.45, 7) is 1.30. The standard InChI is InChI=1S/C11H10BrFO2/c1-11(13)5-9(14)8-4-7(12)2-3-10(8)15-6-11/h2-4H,5-6H2,1H3. The molecule has 0 radical (unpaired) electrons. The molecule has 4 heteroatoms. The molecule has 0 aliphatic carbocycles. The molecule has 15 heavy (non-hydrogen) atoms. The zero-order valence-electron chi connectivity index (χ0n) is 8.22. The third kappa shape index (κ3) is 2.20. The van der Waals surface area contributed by atoms with E-state index in [2.05, 4.69) is 15.9 Å². The number of hydrogen-bond donors (Lipinski definition) is 0. The molecule has 0 bridgehead atoms. The van der Waals surface area contributed by atoms with Crippen LogP contribution < -0.4 is 4.74 Å². The summed E-state index contributed by atoms with van der Waals surface area (Å²) in [6.07, 6.45) is -0.129. The van der Waals surface area contributed by atoms with Gasteiger partial charge in [-0.15, -0.1) is 0 Å². The summed E-state index contributed by atoms with van der Waals surface area (Å²) in [5.74, 6) is 0.248. The van der Waals surface area contributed by atoms with Crippen LogP contribution in [0.3, 0.4) is 0 Å². The molecule has 1 aromatic rings. The topological polar surface area (TPSA) is 26.3 Å². The van der Waals surface area contributed by atoms with Gasteiger partial charge in [0.15, 0.2) is 5.78 Å². The number of carbonyl (C=O) groups is 1. The van der Waals surface area contributed by atoms with Crippen LogP contribution in [0.5, 0.6) is 5.75 Å². The first kappa shape index (κ1) is 10.6. The number of fused-ring (bicyclic) bond motifs is 1. The fourth-order valence-corrected chi connectivity index (χ4v) is 1.92. The average molecular weight is 273 g/mol. The predicted octanol–water partition coefficient (Wildman–Crippen LogP) is 3.14. The van der Waals surface area contributed by atoms with E-state index in [1.54, 1.807) is 18.2 Å². The minimum Gasteiger partial charge on any atom is -0.489 e. The van der Waals surface area contributed by atoms with E-state index in [0.717, 1.165) is 4.47 Å². The van der Waals surface area contributed by atoms with Gasteiger partial charge in [0.2, 0.25) is 0 Å². The van der Waals surface area contributed by atoms with E-state index >= 15 is 0 Å². The monoisotopic (exact) mass is 272 g/mol. The van der Waals surface area contributed by atoms with Gasteiger partial charge >= 0.3 is 0 Å². The molecule has 2 nitrogen and oxygen atoms in total. The van der Waals surface area contributed by atoms with E-state index in [1.807, 2.05) is 0 Å². The van der Waals surface area contributed by atoms with Crippen molar-refractivity contribution >= 4 is 21.7 Å². The Morgan fingerprint density at radius 1 is 1.53 bits per heavy atom.